The Bertz CT molecular complexity index is 599. The summed E-state index contributed by atoms with van der Waals surface area (Å²) >= 11 is 0. The minimum Gasteiger partial charge on any atom is -0.486 e. The van der Waals surface area contributed by atoms with Gasteiger partial charge in [-0.3, -0.25) is 14.5 Å². The standard InChI is InChI=1S/C17H23N3O4/c1-13(21)20-8-6-19(7-9-20)11-17(22)18-10-14-12-23-15-4-2-3-5-16(15)24-14/h2-5,14H,6-12H2,1H3,(H,18,22)/t14-/m1/s1. The van der Waals surface area contributed by atoms with Crippen molar-refractivity contribution in [1.29, 1.82) is 0 Å². The fourth-order valence-electron chi connectivity index (χ4n) is 2.87. The molecule has 1 fully saturated rings. The van der Waals surface area contributed by atoms with E-state index in [-0.39, 0.29) is 17.9 Å². The number of nitrogens with zero attached hydrogens (tertiary/aromatic N) is 2. The molecule has 0 saturated carbocycles. The van der Waals surface area contributed by atoms with E-state index < -0.39 is 0 Å². The lowest BCUT2D eigenvalue weighted by Crippen LogP contribution is -2.51. The zero-order chi connectivity index (χ0) is 16.9. The Morgan fingerprint density at radius 3 is 2.58 bits per heavy atom. The quantitative estimate of drug-likeness (QED) is 0.847. The third-order valence-electron chi connectivity index (χ3n) is 4.28. The Kier molecular flexibility index (Phi) is 5.20. The molecule has 0 radical (unpaired) electrons. The highest BCUT2D eigenvalue weighted by Gasteiger charge is 2.23. The van der Waals surface area contributed by atoms with E-state index >= 15 is 0 Å². The molecule has 3 rings (SSSR count). The number of ether oxygens (including phenoxy) is 2. The molecule has 0 unspecified atom stereocenters. The summed E-state index contributed by atoms with van der Waals surface area (Å²) in [6.45, 7) is 5.57. The molecule has 24 heavy (non-hydrogen) atoms. The molecule has 7 nitrogen and oxygen atoms in total. The van der Waals surface area contributed by atoms with Crippen LogP contribution in [0.2, 0.25) is 0 Å². The molecule has 0 spiro atoms. The van der Waals surface area contributed by atoms with Gasteiger partial charge in [0.25, 0.3) is 0 Å². The Morgan fingerprint density at radius 1 is 1.17 bits per heavy atom. The van der Waals surface area contributed by atoms with E-state index in [1.807, 2.05) is 24.3 Å². The number of fused-ring (bicyclic) bond motifs is 1. The first-order valence-electron chi connectivity index (χ1n) is 8.25. The van der Waals surface area contributed by atoms with Crippen molar-refractivity contribution < 1.29 is 19.1 Å². The first kappa shape index (κ1) is 16.6. The fraction of sp³-hybridized carbons (Fsp3) is 0.529. The van der Waals surface area contributed by atoms with Gasteiger partial charge >= 0.3 is 0 Å². The number of para-hydroxylation sites is 2. The first-order valence-corrected chi connectivity index (χ1v) is 8.25. The van der Waals surface area contributed by atoms with Crippen LogP contribution >= 0.6 is 0 Å². The second-order valence-corrected chi connectivity index (χ2v) is 6.08. The minimum atomic E-state index is -0.182. The summed E-state index contributed by atoms with van der Waals surface area (Å²) in [6, 6.07) is 7.52. The van der Waals surface area contributed by atoms with Gasteiger partial charge in [0.05, 0.1) is 13.1 Å². The third kappa shape index (κ3) is 4.17. The zero-order valence-corrected chi connectivity index (χ0v) is 13.9. The van der Waals surface area contributed by atoms with Gasteiger partial charge in [0.1, 0.15) is 12.7 Å². The summed E-state index contributed by atoms with van der Waals surface area (Å²) in [5.74, 6) is 1.51. The molecule has 130 valence electrons. The van der Waals surface area contributed by atoms with Gasteiger partial charge in [-0.25, -0.2) is 0 Å². The summed E-state index contributed by atoms with van der Waals surface area (Å²) in [5, 5.41) is 2.90. The molecular weight excluding hydrogens is 310 g/mol. The van der Waals surface area contributed by atoms with Crippen LogP contribution < -0.4 is 14.8 Å². The molecule has 7 heteroatoms. The summed E-state index contributed by atoms with van der Waals surface area (Å²) in [7, 11) is 0. The molecule has 0 aliphatic carbocycles. The average molecular weight is 333 g/mol. The van der Waals surface area contributed by atoms with Gasteiger partial charge in [-0.2, -0.15) is 0 Å². The van der Waals surface area contributed by atoms with Crippen LogP contribution in [-0.2, 0) is 9.59 Å². The van der Waals surface area contributed by atoms with Crippen LogP contribution in [0, 0.1) is 0 Å². The van der Waals surface area contributed by atoms with E-state index in [0.717, 1.165) is 18.8 Å². The number of hydrogen-bond acceptors (Lipinski definition) is 5. The molecule has 1 aromatic carbocycles. The monoisotopic (exact) mass is 333 g/mol. The Hall–Kier alpha value is -2.28. The van der Waals surface area contributed by atoms with E-state index in [4.69, 9.17) is 9.47 Å². The van der Waals surface area contributed by atoms with Gasteiger partial charge in [-0.05, 0) is 12.1 Å². The second kappa shape index (κ2) is 7.53. The van der Waals surface area contributed by atoms with Crippen molar-refractivity contribution in [3.05, 3.63) is 24.3 Å². The second-order valence-electron chi connectivity index (χ2n) is 6.08. The number of amides is 2. The first-order chi connectivity index (χ1) is 11.6. The molecule has 1 N–H and O–H groups in total. The van der Waals surface area contributed by atoms with Crippen molar-refractivity contribution >= 4 is 11.8 Å². The van der Waals surface area contributed by atoms with E-state index in [1.165, 1.54) is 0 Å². The fourth-order valence-corrected chi connectivity index (χ4v) is 2.87. The summed E-state index contributed by atoms with van der Waals surface area (Å²) in [6.07, 6.45) is -0.182. The predicted octanol–water partition coefficient (Wildman–Crippen LogP) is 0.107. The van der Waals surface area contributed by atoms with Gasteiger partial charge in [0, 0.05) is 33.1 Å². The van der Waals surface area contributed by atoms with Gasteiger partial charge in [-0.15, -0.1) is 0 Å². The Labute approximate surface area is 141 Å². The van der Waals surface area contributed by atoms with Crippen LogP contribution in [0.15, 0.2) is 24.3 Å². The maximum atomic E-state index is 12.1. The van der Waals surface area contributed by atoms with Crippen LogP contribution in [-0.4, -0.2) is 73.6 Å². The lowest BCUT2D eigenvalue weighted by molar-refractivity contribution is -0.131. The van der Waals surface area contributed by atoms with Crippen molar-refractivity contribution in [2.75, 3.05) is 45.9 Å². The number of carbonyl (C=O) groups is 2. The maximum Gasteiger partial charge on any atom is 0.234 e. The number of benzene rings is 1. The highest BCUT2D eigenvalue weighted by Crippen LogP contribution is 2.30. The van der Waals surface area contributed by atoms with Crippen molar-refractivity contribution in [3.63, 3.8) is 0 Å². The molecule has 2 aliphatic rings. The van der Waals surface area contributed by atoms with Gasteiger partial charge < -0.3 is 19.7 Å². The summed E-state index contributed by atoms with van der Waals surface area (Å²) in [4.78, 5) is 27.2. The molecule has 1 atom stereocenters. The van der Waals surface area contributed by atoms with Crippen molar-refractivity contribution in [2.45, 2.75) is 13.0 Å². The van der Waals surface area contributed by atoms with Gasteiger partial charge in [0.15, 0.2) is 11.5 Å². The number of carbonyl (C=O) groups excluding carboxylic acids is 2. The number of hydrogen-bond donors (Lipinski definition) is 1. The molecule has 2 aliphatic heterocycles. The maximum absolute atomic E-state index is 12.1. The van der Waals surface area contributed by atoms with Crippen LogP contribution in [0.3, 0.4) is 0 Å². The lowest BCUT2D eigenvalue weighted by Gasteiger charge is -2.33. The average Bonchev–Trinajstić information content (AvgIpc) is 2.60. The molecule has 2 heterocycles. The lowest BCUT2D eigenvalue weighted by atomic mass is 10.2. The highest BCUT2D eigenvalue weighted by atomic mass is 16.6. The largest absolute Gasteiger partial charge is 0.486 e. The minimum absolute atomic E-state index is 0.0336. The van der Waals surface area contributed by atoms with Crippen molar-refractivity contribution in [3.8, 4) is 11.5 Å². The molecule has 0 aromatic heterocycles. The summed E-state index contributed by atoms with van der Waals surface area (Å²) < 4.78 is 11.4. The predicted molar refractivity (Wildman–Crippen MR) is 88.1 cm³/mol. The molecular formula is C17H23N3O4. The smallest absolute Gasteiger partial charge is 0.234 e. The van der Waals surface area contributed by atoms with Crippen LogP contribution in [0.5, 0.6) is 11.5 Å². The topological polar surface area (TPSA) is 71.1 Å². The van der Waals surface area contributed by atoms with Crippen molar-refractivity contribution in [2.24, 2.45) is 0 Å². The molecule has 1 aromatic rings. The van der Waals surface area contributed by atoms with E-state index in [1.54, 1.807) is 11.8 Å². The molecule has 2 amide bonds. The Morgan fingerprint density at radius 2 is 1.88 bits per heavy atom. The Balaban J connectivity index is 1.38. The number of rotatable bonds is 4. The van der Waals surface area contributed by atoms with Crippen LogP contribution in [0.4, 0.5) is 0 Å². The SMILES string of the molecule is CC(=O)N1CCN(CC(=O)NC[C@@H]2COc3ccccc3O2)CC1. The third-order valence-corrected chi connectivity index (χ3v) is 4.28. The van der Waals surface area contributed by atoms with Gasteiger partial charge in [-0.1, -0.05) is 12.1 Å². The van der Waals surface area contributed by atoms with E-state index in [0.29, 0.717) is 38.5 Å². The number of piperazine rings is 1. The van der Waals surface area contributed by atoms with Crippen molar-refractivity contribution in [1.82, 2.24) is 15.1 Å². The zero-order valence-electron chi connectivity index (χ0n) is 13.9. The van der Waals surface area contributed by atoms with Gasteiger partial charge in [0.2, 0.25) is 11.8 Å². The molecule has 0 bridgehead atoms. The summed E-state index contributed by atoms with van der Waals surface area (Å²) in [5.41, 5.74) is 0. The van der Waals surface area contributed by atoms with E-state index in [9.17, 15) is 9.59 Å². The number of nitrogens with one attached hydrogen (secondary N) is 1. The van der Waals surface area contributed by atoms with Crippen LogP contribution in [0.1, 0.15) is 6.92 Å². The molecule has 1 saturated heterocycles. The highest BCUT2D eigenvalue weighted by molar-refractivity contribution is 5.78. The normalized spacial score (nSPS) is 20.5. The van der Waals surface area contributed by atoms with Crippen LogP contribution in [0.25, 0.3) is 0 Å². The van der Waals surface area contributed by atoms with E-state index in [2.05, 4.69) is 10.2 Å².